The maximum atomic E-state index is 14.0. The maximum absolute atomic E-state index is 14.0. The van der Waals surface area contributed by atoms with Gasteiger partial charge in [-0.3, -0.25) is 4.79 Å². The van der Waals surface area contributed by atoms with Gasteiger partial charge in [0.2, 0.25) is 0 Å². The average molecular weight is 1350 g/mol. The molecule has 0 bridgehead atoms. The van der Waals surface area contributed by atoms with Crippen molar-refractivity contribution < 1.29 is 4.79 Å². The molecule has 19 aromatic carbocycles. The Labute approximate surface area is 618 Å². The summed E-state index contributed by atoms with van der Waals surface area (Å²) < 4.78 is 0. The van der Waals surface area contributed by atoms with E-state index in [0.717, 1.165) is 55.7 Å². The van der Waals surface area contributed by atoms with Gasteiger partial charge in [-0.15, -0.1) is 0 Å². The molecule has 0 atom stereocenters. The lowest BCUT2D eigenvalue weighted by Gasteiger charge is -2.29. The third-order valence-electron chi connectivity index (χ3n) is 20.7. The zero-order valence-corrected chi connectivity index (χ0v) is 58.2. The van der Waals surface area contributed by atoms with Crippen LogP contribution in [0.4, 0.5) is 0 Å². The minimum atomic E-state index is 0.0742. The van der Waals surface area contributed by atoms with Crippen molar-refractivity contribution in [1.82, 2.24) is 0 Å². The van der Waals surface area contributed by atoms with Crippen molar-refractivity contribution in [3.05, 3.63) is 446 Å². The third-order valence-corrected chi connectivity index (χ3v) is 20.7. The van der Waals surface area contributed by atoms with Gasteiger partial charge >= 0.3 is 0 Å². The first kappa shape index (κ1) is 64.1. The fourth-order valence-electron chi connectivity index (χ4n) is 16.1. The summed E-state index contributed by atoms with van der Waals surface area (Å²) in [6.45, 7) is 0. The minimum Gasteiger partial charge on any atom is -0.289 e. The molecule has 106 heavy (non-hydrogen) atoms. The summed E-state index contributed by atoms with van der Waals surface area (Å²) in [4.78, 5) is 14.0. The topological polar surface area (TPSA) is 17.1 Å². The highest BCUT2D eigenvalue weighted by atomic mass is 16.1. The zero-order chi connectivity index (χ0) is 70.7. The molecular formula is C105H68O. The Balaban J connectivity index is 0.000000124. The molecule has 494 valence electrons. The molecule has 20 rings (SSSR count). The normalized spacial score (nSPS) is 12.0. The number of carbonyl (C=O) groups excluding carboxylic acids is 1. The lowest BCUT2D eigenvalue weighted by atomic mass is 9.73. The van der Waals surface area contributed by atoms with E-state index in [0.29, 0.717) is 0 Å². The Bertz CT molecular complexity index is 6300. The summed E-state index contributed by atoms with van der Waals surface area (Å²) in [6, 6.07) is 146. The quantitative estimate of drug-likeness (QED) is 0.0985. The van der Waals surface area contributed by atoms with Crippen LogP contribution in [0.3, 0.4) is 0 Å². The smallest absolute Gasteiger partial charge is 0.195 e. The molecule has 0 heterocycles. The van der Waals surface area contributed by atoms with Gasteiger partial charge in [0.1, 0.15) is 0 Å². The highest BCUT2D eigenvalue weighted by molar-refractivity contribution is 6.59. The maximum Gasteiger partial charge on any atom is 0.195 e. The van der Waals surface area contributed by atoms with Crippen molar-refractivity contribution in [2.45, 2.75) is 0 Å². The number of ketones is 1. The lowest BCUT2D eigenvalue weighted by molar-refractivity contribution is -0.108. The van der Waals surface area contributed by atoms with Gasteiger partial charge in [0.15, 0.2) is 5.78 Å². The van der Waals surface area contributed by atoms with Gasteiger partial charge in [0.05, 0.1) is 0 Å². The van der Waals surface area contributed by atoms with Crippen LogP contribution < -0.4 is 0 Å². The zero-order valence-electron chi connectivity index (χ0n) is 58.2. The molecule has 0 unspecified atom stereocenters. The first-order valence-corrected chi connectivity index (χ1v) is 36.3. The molecule has 1 aliphatic rings. The number of Topliss-reactive ketones (excluding diaryl/α,β-unsaturated/α-hetero) is 1. The number of hydrogen-bond acceptors (Lipinski definition) is 1. The molecule has 1 nitrogen and oxygen atoms in total. The number of hydrogen-bond donors (Lipinski definition) is 0. The van der Waals surface area contributed by atoms with Crippen LogP contribution in [-0.4, -0.2) is 5.78 Å². The Morgan fingerprint density at radius 2 is 0.425 bits per heavy atom. The van der Waals surface area contributed by atoms with E-state index in [4.69, 9.17) is 0 Å². The minimum absolute atomic E-state index is 0.0742. The van der Waals surface area contributed by atoms with Crippen molar-refractivity contribution in [3.63, 3.8) is 0 Å². The van der Waals surface area contributed by atoms with Crippen molar-refractivity contribution >= 4 is 92.7 Å². The third kappa shape index (κ3) is 11.9. The van der Waals surface area contributed by atoms with Crippen LogP contribution in [0.2, 0.25) is 0 Å². The highest BCUT2D eigenvalue weighted by Crippen LogP contribution is 2.58. The summed E-state index contributed by atoms with van der Waals surface area (Å²) in [5.41, 5.74) is 24.2. The molecule has 0 amide bonds. The molecule has 0 saturated carbocycles. The average Bonchev–Trinajstić information content (AvgIpc) is 0.913. The van der Waals surface area contributed by atoms with E-state index in [2.05, 4.69) is 297 Å². The molecule has 0 fully saturated rings. The molecule has 0 aliphatic heterocycles. The van der Waals surface area contributed by atoms with E-state index in [1.807, 2.05) is 127 Å². The molecule has 0 N–H and O–H groups in total. The monoisotopic (exact) mass is 1340 g/mol. The lowest BCUT2D eigenvalue weighted by Crippen LogP contribution is -2.02. The summed E-state index contributed by atoms with van der Waals surface area (Å²) in [5, 5.41) is 15.5. The van der Waals surface area contributed by atoms with Crippen molar-refractivity contribution in [2.75, 3.05) is 0 Å². The van der Waals surface area contributed by atoms with Crippen molar-refractivity contribution in [2.24, 2.45) is 0 Å². The van der Waals surface area contributed by atoms with Gasteiger partial charge in [0, 0.05) is 33.4 Å². The summed E-state index contributed by atoms with van der Waals surface area (Å²) >= 11 is 0. The second-order valence-electron chi connectivity index (χ2n) is 26.9. The van der Waals surface area contributed by atoms with Crippen molar-refractivity contribution in [1.29, 1.82) is 0 Å². The Morgan fingerprint density at radius 3 is 0.774 bits per heavy atom. The Hall–Kier alpha value is -14.0. The first-order chi connectivity index (χ1) is 52.6. The molecule has 0 radical (unpaired) electrons. The van der Waals surface area contributed by atoms with E-state index >= 15 is 0 Å². The van der Waals surface area contributed by atoms with Gasteiger partial charge in [-0.2, -0.15) is 0 Å². The van der Waals surface area contributed by atoms with E-state index in [1.165, 1.54) is 131 Å². The molecule has 1 aliphatic carbocycles. The van der Waals surface area contributed by atoms with Crippen molar-refractivity contribution in [3.8, 4) is 78.6 Å². The molecule has 1 heteroatoms. The van der Waals surface area contributed by atoms with Gasteiger partial charge in [0.25, 0.3) is 0 Å². The highest BCUT2D eigenvalue weighted by Gasteiger charge is 2.36. The standard InChI is InChI=1S/C52H34.C29H20O.C24H14/c1-6-17-35(18-7-1)47-48(36-19-8-2-9-20-36)50(38-23-12-4-13-24-38)52(51(39-25-14-5-15-26-39)49(47)37-21-10-3-11-22-37)44-34-32-42-30-29-40-27-16-28-41-31-33-43(44)46(42)45(40)41;30-29-27(23-17-9-3-10-18-23)25(21-13-5-1-6-14-21)26(22-15-7-2-8-16-22)28(29)24-19-11-4-12-20-24;1-2-5-17(6-3-1)9-10-18-11-12-21-14-13-19-7-4-8-20-15-16-22(18)24(21)23(19)20/h1-34H;1-20H;1-8,11-16H. The van der Waals surface area contributed by atoms with Crippen LogP contribution in [0.5, 0.6) is 0 Å². The second kappa shape index (κ2) is 28.4. The Kier molecular flexibility index (Phi) is 17.2. The molecule has 0 saturated heterocycles. The SMILES string of the molecule is C(#Cc1ccc2ccc3cccc4ccc1c2c34)c1ccccc1.O=C1C(c2ccccc2)=C(c2ccccc2)C(c2ccccc2)=C1c1ccccc1.c1ccc(-c2c(-c3ccccc3)c(-c3ccccc3)c(-c3ccc4ccc5cccc6ccc3c4c56)c(-c3ccccc3)c2-c2ccccc2)cc1. The van der Waals surface area contributed by atoms with Crippen LogP contribution >= 0.6 is 0 Å². The van der Waals surface area contributed by atoms with E-state index < -0.39 is 0 Å². The number of allylic oxidation sites excluding steroid dienone is 4. The van der Waals surface area contributed by atoms with E-state index in [1.54, 1.807) is 0 Å². The number of rotatable bonds is 10. The van der Waals surface area contributed by atoms with Crippen LogP contribution in [0.1, 0.15) is 33.4 Å². The largest absolute Gasteiger partial charge is 0.289 e. The van der Waals surface area contributed by atoms with Crippen LogP contribution in [-0.2, 0) is 4.79 Å². The summed E-state index contributed by atoms with van der Waals surface area (Å²) in [5.74, 6) is 6.72. The predicted octanol–water partition coefficient (Wildman–Crippen LogP) is 27.4. The van der Waals surface area contributed by atoms with Crippen LogP contribution in [0.15, 0.2) is 413 Å². The van der Waals surface area contributed by atoms with Gasteiger partial charge in [-0.25, -0.2) is 0 Å². The first-order valence-electron chi connectivity index (χ1n) is 36.3. The predicted molar refractivity (Wildman–Crippen MR) is 450 cm³/mol. The van der Waals surface area contributed by atoms with Gasteiger partial charge in [-0.05, 0) is 172 Å². The van der Waals surface area contributed by atoms with E-state index in [-0.39, 0.29) is 5.78 Å². The number of carbonyl (C=O) groups is 1. The molecule has 0 spiro atoms. The molecule has 19 aromatic rings. The summed E-state index contributed by atoms with van der Waals surface area (Å²) in [6.07, 6.45) is 0. The van der Waals surface area contributed by atoms with Crippen LogP contribution in [0, 0.1) is 11.8 Å². The Morgan fingerprint density at radius 1 is 0.170 bits per heavy atom. The second-order valence-corrected chi connectivity index (χ2v) is 26.9. The fraction of sp³-hybridized carbons (Fsp3) is 0. The van der Waals surface area contributed by atoms with E-state index in [9.17, 15) is 4.79 Å². The van der Waals surface area contributed by atoms with Gasteiger partial charge < -0.3 is 0 Å². The molecular weight excluding hydrogens is 1280 g/mol. The number of benzene rings is 19. The fourth-order valence-corrected chi connectivity index (χ4v) is 16.1. The van der Waals surface area contributed by atoms with Crippen LogP contribution in [0.25, 0.3) is 154 Å². The van der Waals surface area contributed by atoms with Gasteiger partial charge in [-0.1, -0.05) is 406 Å². The summed E-state index contributed by atoms with van der Waals surface area (Å²) in [7, 11) is 0. The molecule has 0 aromatic heterocycles.